The van der Waals surface area contributed by atoms with Gasteiger partial charge in [-0.3, -0.25) is 0 Å². The summed E-state index contributed by atoms with van der Waals surface area (Å²) in [6.45, 7) is 2.34. The minimum Gasteiger partial charge on any atom is -0.435 e. The van der Waals surface area contributed by atoms with Crippen LogP contribution in [0.3, 0.4) is 0 Å². The molecule has 0 spiro atoms. The number of hydrogen-bond acceptors (Lipinski definition) is 3. The van der Waals surface area contributed by atoms with Crippen LogP contribution in [0.15, 0.2) is 42.5 Å². The van der Waals surface area contributed by atoms with Gasteiger partial charge in [0.25, 0.3) is 0 Å². The van der Waals surface area contributed by atoms with Crippen molar-refractivity contribution in [2.24, 2.45) is 0 Å². The second-order valence-corrected chi connectivity index (χ2v) is 4.03. The van der Waals surface area contributed by atoms with E-state index in [4.69, 9.17) is 4.74 Å². The first-order valence-corrected chi connectivity index (χ1v) is 6.81. The van der Waals surface area contributed by atoms with Gasteiger partial charge in [0.15, 0.2) is 0 Å². The molecule has 0 aliphatic carbocycles. The minimum absolute atomic E-state index is 0.258. The van der Waals surface area contributed by atoms with Crippen molar-refractivity contribution in [3.8, 4) is 11.8 Å². The molecule has 0 heterocycles. The number of unbranched alkanes of at least 4 members (excludes halogenated alkanes) is 2. The summed E-state index contributed by atoms with van der Waals surface area (Å²) in [5.74, 6) is 6.25. The Balaban J connectivity index is 2.05. The average molecular weight is 272 g/mol. The van der Waals surface area contributed by atoms with Crippen LogP contribution in [0.1, 0.15) is 31.7 Å². The predicted octanol–water partition coefficient (Wildman–Crippen LogP) is 3.94. The predicted molar refractivity (Wildman–Crippen MR) is 79.3 cm³/mol. The van der Waals surface area contributed by atoms with E-state index in [9.17, 15) is 4.79 Å². The van der Waals surface area contributed by atoms with E-state index in [0.717, 1.165) is 24.8 Å². The summed E-state index contributed by atoms with van der Waals surface area (Å²) < 4.78 is 9.42. The number of carbonyl (C=O) groups excluding carboxylic acids is 1. The van der Waals surface area contributed by atoms with Gasteiger partial charge in [-0.2, -0.15) is 0 Å². The highest BCUT2D eigenvalue weighted by Crippen LogP contribution is 1.98. The minimum atomic E-state index is -0.620. The monoisotopic (exact) mass is 272 g/mol. The van der Waals surface area contributed by atoms with E-state index in [0.29, 0.717) is 6.61 Å². The SMILES string of the molecule is CCOC(=O)OC/C=C/CCCC#Cc1ccccc1. The van der Waals surface area contributed by atoms with Crippen molar-refractivity contribution in [1.82, 2.24) is 0 Å². The van der Waals surface area contributed by atoms with Gasteiger partial charge in [0.1, 0.15) is 6.61 Å². The number of carbonyl (C=O) groups is 1. The van der Waals surface area contributed by atoms with E-state index in [1.165, 1.54) is 0 Å². The standard InChI is InChI=1S/C17H20O3/c1-2-19-17(18)20-15-11-6-4-3-5-8-12-16-13-9-7-10-14-16/h6-7,9-11,13-14H,2-5,15H2,1H3/b11-6+. The van der Waals surface area contributed by atoms with Gasteiger partial charge in [0.05, 0.1) is 6.61 Å². The van der Waals surface area contributed by atoms with Crippen LogP contribution in [0.25, 0.3) is 0 Å². The molecular weight excluding hydrogens is 252 g/mol. The van der Waals surface area contributed by atoms with E-state index in [1.54, 1.807) is 6.92 Å². The van der Waals surface area contributed by atoms with Crippen molar-refractivity contribution in [2.45, 2.75) is 26.2 Å². The molecule has 20 heavy (non-hydrogen) atoms. The first-order chi connectivity index (χ1) is 9.83. The third-order valence-electron chi connectivity index (χ3n) is 2.41. The molecule has 0 amide bonds. The van der Waals surface area contributed by atoms with Crippen molar-refractivity contribution >= 4 is 6.16 Å². The van der Waals surface area contributed by atoms with E-state index >= 15 is 0 Å². The Kier molecular flexibility index (Phi) is 8.47. The van der Waals surface area contributed by atoms with Crippen LogP contribution >= 0.6 is 0 Å². The highest BCUT2D eigenvalue weighted by Gasteiger charge is 1.97. The highest BCUT2D eigenvalue weighted by molar-refractivity contribution is 5.59. The van der Waals surface area contributed by atoms with Crippen molar-refractivity contribution in [3.05, 3.63) is 48.0 Å². The highest BCUT2D eigenvalue weighted by atomic mass is 16.7. The number of hydrogen-bond donors (Lipinski definition) is 0. The molecule has 106 valence electrons. The third kappa shape index (κ3) is 7.99. The lowest BCUT2D eigenvalue weighted by Crippen LogP contribution is -2.06. The fourth-order valence-corrected chi connectivity index (χ4v) is 1.46. The van der Waals surface area contributed by atoms with E-state index in [-0.39, 0.29) is 6.61 Å². The zero-order chi connectivity index (χ0) is 14.5. The van der Waals surface area contributed by atoms with Crippen LogP contribution in [-0.4, -0.2) is 19.4 Å². The molecule has 0 atom stereocenters. The van der Waals surface area contributed by atoms with Crippen LogP contribution in [0.5, 0.6) is 0 Å². The number of allylic oxidation sites excluding steroid dienone is 1. The van der Waals surface area contributed by atoms with Crippen molar-refractivity contribution in [1.29, 1.82) is 0 Å². The first kappa shape index (κ1) is 15.8. The van der Waals surface area contributed by atoms with Crippen LogP contribution < -0.4 is 0 Å². The lowest BCUT2D eigenvalue weighted by Gasteiger charge is -2.00. The van der Waals surface area contributed by atoms with Crippen molar-refractivity contribution in [3.63, 3.8) is 0 Å². The van der Waals surface area contributed by atoms with Gasteiger partial charge in [-0.25, -0.2) is 4.79 Å². The van der Waals surface area contributed by atoms with Gasteiger partial charge >= 0.3 is 6.16 Å². The number of benzene rings is 1. The normalized spacial score (nSPS) is 9.85. The number of ether oxygens (including phenoxy) is 2. The lowest BCUT2D eigenvalue weighted by molar-refractivity contribution is 0.0673. The van der Waals surface area contributed by atoms with Crippen LogP contribution in [0, 0.1) is 11.8 Å². The van der Waals surface area contributed by atoms with E-state index in [2.05, 4.69) is 16.6 Å². The third-order valence-corrected chi connectivity index (χ3v) is 2.41. The fourth-order valence-electron chi connectivity index (χ4n) is 1.46. The Morgan fingerprint density at radius 3 is 2.75 bits per heavy atom. The van der Waals surface area contributed by atoms with Gasteiger partial charge < -0.3 is 9.47 Å². The van der Waals surface area contributed by atoms with Crippen molar-refractivity contribution in [2.75, 3.05) is 13.2 Å². The summed E-state index contributed by atoms with van der Waals surface area (Å²) >= 11 is 0. The van der Waals surface area contributed by atoms with Gasteiger partial charge in [-0.1, -0.05) is 42.2 Å². The van der Waals surface area contributed by atoms with Gasteiger partial charge in [0.2, 0.25) is 0 Å². The zero-order valence-electron chi connectivity index (χ0n) is 11.8. The summed E-state index contributed by atoms with van der Waals surface area (Å²) in [6.07, 6.45) is 5.97. The Morgan fingerprint density at radius 1 is 1.20 bits per heavy atom. The lowest BCUT2D eigenvalue weighted by atomic mass is 10.2. The molecule has 0 aromatic heterocycles. The topological polar surface area (TPSA) is 35.5 Å². The molecule has 0 fully saturated rings. The second-order valence-electron chi connectivity index (χ2n) is 4.03. The molecule has 1 aromatic carbocycles. The molecule has 0 aliphatic rings. The van der Waals surface area contributed by atoms with Crippen LogP contribution in [0.4, 0.5) is 4.79 Å². The van der Waals surface area contributed by atoms with Crippen LogP contribution in [-0.2, 0) is 9.47 Å². The van der Waals surface area contributed by atoms with Gasteiger partial charge in [-0.15, -0.1) is 0 Å². The molecule has 1 aromatic rings. The molecule has 0 N–H and O–H groups in total. The van der Waals surface area contributed by atoms with Crippen LogP contribution in [0.2, 0.25) is 0 Å². The summed E-state index contributed by atoms with van der Waals surface area (Å²) in [5, 5.41) is 0. The maximum atomic E-state index is 10.9. The maximum Gasteiger partial charge on any atom is 0.508 e. The largest absolute Gasteiger partial charge is 0.508 e. The van der Waals surface area contributed by atoms with E-state index in [1.807, 2.05) is 42.5 Å². The Bertz CT molecular complexity index is 466. The van der Waals surface area contributed by atoms with Gasteiger partial charge in [0, 0.05) is 12.0 Å². The molecular formula is C17H20O3. The molecule has 0 bridgehead atoms. The fraction of sp³-hybridized carbons (Fsp3) is 0.353. The molecule has 0 saturated carbocycles. The average Bonchev–Trinajstić information content (AvgIpc) is 2.47. The Morgan fingerprint density at radius 2 is 2.00 bits per heavy atom. The summed E-state index contributed by atoms with van der Waals surface area (Å²) in [5.41, 5.74) is 1.05. The number of rotatable bonds is 6. The maximum absolute atomic E-state index is 10.9. The molecule has 0 radical (unpaired) electrons. The summed E-state index contributed by atoms with van der Waals surface area (Å²) in [7, 11) is 0. The molecule has 0 aliphatic heterocycles. The van der Waals surface area contributed by atoms with Gasteiger partial charge in [-0.05, 0) is 31.9 Å². The van der Waals surface area contributed by atoms with E-state index < -0.39 is 6.16 Å². The quantitative estimate of drug-likeness (QED) is 0.340. The molecule has 0 saturated heterocycles. The second kappa shape index (κ2) is 10.7. The Hall–Kier alpha value is -2.21. The molecule has 0 unspecified atom stereocenters. The van der Waals surface area contributed by atoms with Crippen molar-refractivity contribution < 1.29 is 14.3 Å². The smallest absolute Gasteiger partial charge is 0.435 e. The Labute approximate surface area is 120 Å². The zero-order valence-corrected chi connectivity index (χ0v) is 11.8. The molecule has 3 nitrogen and oxygen atoms in total. The summed E-state index contributed by atoms with van der Waals surface area (Å²) in [6, 6.07) is 9.94. The molecule has 1 rings (SSSR count). The first-order valence-electron chi connectivity index (χ1n) is 6.81. The molecule has 3 heteroatoms. The summed E-state index contributed by atoms with van der Waals surface area (Å²) in [4.78, 5) is 10.9.